The molecular weight excluding hydrogens is 338 g/mol. The van der Waals surface area contributed by atoms with Crippen molar-refractivity contribution in [3.8, 4) is 6.07 Å². The number of aromatic nitrogens is 4. The van der Waals surface area contributed by atoms with E-state index >= 15 is 0 Å². The Labute approximate surface area is 160 Å². The average molecular weight is 363 g/mol. The Hall–Kier alpha value is -2.75. The van der Waals surface area contributed by atoms with Crippen molar-refractivity contribution in [3.05, 3.63) is 36.2 Å². The monoisotopic (exact) mass is 363 g/mol. The summed E-state index contributed by atoms with van der Waals surface area (Å²) < 4.78 is 0. The third-order valence-electron chi connectivity index (χ3n) is 5.90. The molecule has 0 N–H and O–H groups in total. The highest BCUT2D eigenvalue weighted by atomic mass is 15.2. The standard InChI is InChI=1S/C20H25N7/c1-15-12-22-13-20(25-15)27-8-4-17(5-9-27)16-2-6-26(7-3-16)19-10-18(11-21)23-14-24-19/h10,12-14,16-17H,2-9H2,1H3. The predicted molar refractivity (Wildman–Crippen MR) is 103 cm³/mol. The number of nitrogens with zero attached hydrogens (tertiary/aromatic N) is 7. The first-order valence-electron chi connectivity index (χ1n) is 9.73. The molecule has 0 aliphatic carbocycles. The van der Waals surface area contributed by atoms with Crippen LogP contribution in [0.3, 0.4) is 0 Å². The summed E-state index contributed by atoms with van der Waals surface area (Å²) >= 11 is 0. The van der Waals surface area contributed by atoms with Crippen molar-refractivity contribution in [2.45, 2.75) is 32.6 Å². The van der Waals surface area contributed by atoms with Gasteiger partial charge in [0.2, 0.25) is 0 Å². The van der Waals surface area contributed by atoms with Gasteiger partial charge < -0.3 is 9.80 Å². The summed E-state index contributed by atoms with van der Waals surface area (Å²) in [6.07, 6.45) is 10.0. The van der Waals surface area contributed by atoms with Crippen molar-refractivity contribution in [2.75, 3.05) is 36.0 Å². The molecule has 2 aromatic rings. The molecule has 2 aliphatic heterocycles. The average Bonchev–Trinajstić information content (AvgIpc) is 2.74. The summed E-state index contributed by atoms with van der Waals surface area (Å²) in [5, 5.41) is 9.02. The molecule has 7 heteroatoms. The largest absolute Gasteiger partial charge is 0.356 e. The van der Waals surface area contributed by atoms with Crippen LogP contribution >= 0.6 is 0 Å². The molecular formula is C20H25N7. The van der Waals surface area contributed by atoms with Crippen LogP contribution in [0.25, 0.3) is 0 Å². The minimum absolute atomic E-state index is 0.439. The molecule has 0 bridgehead atoms. The Morgan fingerprint density at radius 1 is 0.926 bits per heavy atom. The van der Waals surface area contributed by atoms with Crippen molar-refractivity contribution in [1.29, 1.82) is 5.26 Å². The van der Waals surface area contributed by atoms with Gasteiger partial charge in [0.05, 0.1) is 11.9 Å². The molecule has 0 amide bonds. The third-order valence-corrected chi connectivity index (χ3v) is 5.90. The van der Waals surface area contributed by atoms with E-state index in [9.17, 15) is 0 Å². The van der Waals surface area contributed by atoms with Crippen LogP contribution in [-0.4, -0.2) is 46.1 Å². The van der Waals surface area contributed by atoms with Gasteiger partial charge in [-0.15, -0.1) is 0 Å². The molecule has 2 saturated heterocycles. The molecule has 0 saturated carbocycles. The second-order valence-corrected chi connectivity index (χ2v) is 7.54. The van der Waals surface area contributed by atoms with Gasteiger partial charge in [-0.05, 0) is 44.4 Å². The van der Waals surface area contributed by atoms with E-state index in [1.54, 1.807) is 12.3 Å². The predicted octanol–water partition coefficient (Wildman–Crippen LogP) is 2.58. The molecule has 7 nitrogen and oxygen atoms in total. The number of piperidine rings is 2. The molecule has 0 aromatic carbocycles. The highest BCUT2D eigenvalue weighted by Gasteiger charge is 2.30. The normalized spacial score (nSPS) is 19.1. The van der Waals surface area contributed by atoms with Crippen molar-refractivity contribution >= 4 is 11.6 Å². The number of hydrogen-bond donors (Lipinski definition) is 0. The van der Waals surface area contributed by atoms with Gasteiger partial charge in [-0.2, -0.15) is 5.26 Å². The van der Waals surface area contributed by atoms with Crippen molar-refractivity contribution in [2.24, 2.45) is 11.8 Å². The highest BCUT2D eigenvalue weighted by Crippen LogP contribution is 2.34. The van der Waals surface area contributed by atoms with E-state index < -0.39 is 0 Å². The summed E-state index contributed by atoms with van der Waals surface area (Å²) in [5.74, 6) is 3.47. The van der Waals surface area contributed by atoms with E-state index in [-0.39, 0.29) is 0 Å². The lowest BCUT2D eigenvalue weighted by Gasteiger charge is -2.40. The van der Waals surface area contributed by atoms with E-state index in [1.807, 2.05) is 13.1 Å². The van der Waals surface area contributed by atoms with Gasteiger partial charge in [0.1, 0.15) is 29.7 Å². The maximum atomic E-state index is 9.02. The molecule has 0 unspecified atom stereocenters. The van der Waals surface area contributed by atoms with Crippen LogP contribution in [-0.2, 0) is 0 Å². The fraction of sp³-hybridized carbons (Fsp3) is 0.550. The Morgan fingerprint density at radius 2 is 1.56 bits per heavy atom. The second kappa shape index (κ2) is 7.87. The maximum Gasteiger partial charge on any atom is 0.147 e. The number of rotatable bonds is 3. The maximum absolute atomic E-state index is 9.02. The Morgan fingerprint density at radius 3 is 2.15 bits per heavy atom. The van der Waals surface area contributed by atoms with Crippen LogP contribution in [0.2, 0.25) is 0 Å². The number of nitriles is 1. The first-order valence-corrected chi connectivity index (χ1v) is 9.73. The minimum atomic E-state index is 0.439. The molecule has 2 fully saturated rings. The van der Waals surface area contributed by atoms with E-state index in [4.69, 9.17) is 5.26 Å². The molecule has 140 valence electrons. The summed E-state index contributed by atoms with van der Waals surface area (Å²) in [6.45, 7) is 6.15. The summed E-state index contributed by atoms with van der Waals surface area (Å²) in [7, 11) is 0. The van der Waals surface area contributed by atoms with Crippen LogP contribution in [0.15, 0.2) is 24.8 Å². The van der Waals surface area contributed by atoms with Crippen LogP contribution in [0.1, 0.15) is 37.1 Å². The first-order chi connectivity index (χ1) is 13.2. The number of hydrogen-bond acceptors (Lipinski definition) is 7. The first kappa shape index (κ1) is 17.7. The Bertz CT molecular complexity index is 815. The van der Waals surface area contributed by atoms with Gasteiger partial charge in [-0.1, -0.05) is 0 Å². The third kappa shape index (κ3) is 4.00. The van der Waals surface area contributed by atoms with Crippen LogP contribution in [0, 0.1) is 30.1 Å². The molecule has 0 spiro atoms. The quantitative estimate of drug-likeness (QED) is 0.829. The van der Waals surface area contributed by atoms with E-state index in [0.29, 0.717) is 5.69 Å². The van der Waals surface area contributed by atoms with Gasteiger partial charge in [0, 0.05) is 38.4 Å². The van der Waals surface area contributed by atoms with Crippen molar-refractivity contribution in [3.63, 3.8) is 0 Å². The van der Waals surface area contributed by atoms with E-state index in [1.165, 1.54) is 32.0 Å². The van der Waals surface area contributed by atoms with Crippen LogP contribution < -0.4 is 9.80 Å². The summed E-state index contributed by atoms with van der Waals surface area (Å²) in [4.78, 5) is 21.9. The molecule has 0 radical (unpaired) electrons. The van der Waals surface area contributed by atoms with Gasteiger partial charge in [-0.3, -0.25) is 4.98 Å². The van der Waals surface area contributed by atoms with Gasteiger partial charge >= 0.3 is 0 Å². The lowest BCUT2D eigenvalue weighted by atomic mass is 9.79. The van der Waals surface area contributed by atoms with E-state index in [2.05, 4.69) is 35.8 Å². The Balaban J connectivity index is 1.30. The summed E-state index contributed by atoms with van der Waals surface area (Å²) in [5.41, 5.74) is 1.42. The number of anilines is 2. The zero-order chi connectivity index (χ0) is 18.6. The molecule has 2 aromatic heterocycles. The molecule has 4 heterocycles. The second-order valence-electron chi connectivity index (χ2n) is 7.54. The molecule has 0 atom stereocenters. The number of aryl methyl sites for hydroxylation is 1. The van der Waals surface area contributed by atoms with Crippen LogP contribution in [0.5, 0.6) is 0 Å². The summed E-state index contributed by atoms with van der Waals surface area (Å²) in [6, 6.07) is 3.89. The van der Waals surface area contributed by atoms with E-state index in [0.717, 1.165) is 55.3 Å². The highest BCUT2D eigenvalue weighted by molar-refractivity contribution is 5.42. The molecule has 4 rings (SSSR count). The SMILES string of the molecule is Cc1cncc(N2CCC(C3CCN(c4cc(C#N)ncn4)CC3)CC2)n1. The van der Waals surface area contributed by atoms with Gasteiger partial charge in [0.25, 0.3) is 0 Å². The topological polar surface area (TPSA) is 81.8 Å². The molecule has 2 aliphatic rings. The lowest BCUT2D eigenvalue weighted by molar-refractivity contribution is 0.232. The minimum Gasteiger partial charge on any atom is -0.356 e. The zero-order valence-corrected chi connectivity index (χ0v) is 15.8. The Kier molecular flexibility index (Phi) is 5.14. The fourth-order valence-corrected chi connectivity index (χ4v) is 4.38. The molecule has 27 heavy (non-hydrogen) atoms. The fourth-order valence-electron chi connectivity index (χ4n) is 4.38. The van der Waals surface area contributed by atoms with Gasteiger partial charge in [-0.25, -0.2) is 15.0 Å². The van der Waals surface area contributed by atoms with Crippen molar-refractivity contribution < 1.29 is 0 Å². The van der Waals surface area contributed by atoms with Crippen LogP contribution in [0.4, 0.5) is 11.6 Å². The smallest absolute Gasteiger partial charge is 0.147 e. The van der Waals surface area contributed by atoms with Crippen molar-refractivity contribution in [1.82, 2.24) is 19.9 Å². The lowest BCUT2D eigenvalue weighted by Crippen LogP contribution is -2.41. The van der Waals surface area contributed by atoms with Gasteiger partial charge in [0.15, 0.2) is 0 Å². The zero-order valence-electron chi connectivity index (χ0n) is 15.8.